The number of carboxylic acid groups (broad SMARTS) is 2. The molecule has 0 bridgehead atoms. The molecule has 1 aromatic rings. The molecule has 4 heteroatoms. The molecule has 0 aliphatic carbocycles. The van der Waals surface area contributed by atoms with E-state index in [1.54, 1.807) is 0 Å². The third-order valence-electron chi connectivity index (χ3n) is 3.47. The standard InChI is InChI=1S/C10H22.C8H6O4/c1-4-6-7-9-10(3)8-5-2;9-7(10)5-3-1-2-4-6(5)8(11)12/h10H,4-9H2,1-3H3;1-4H,(H,9,10)(H,11,12). The lowest BCUT2D eigenvalue weighted by Gasteiger charge is -2.07. The summed E-state index contributed by atoms with van der Waals surface area (Å²) in [5, 5.41) is 17.1. The average Bonchev–Trinajstić information content (AvgIpc) is 2.48. The molecule has 0 spiro atoms. The van der Waals surface area contributed by atoms with Gasteiger partial charge in [-0.25, -0.2) is 9.59 Å². The van der Waals surface area contributed by atoms with Gasteiger partial charge in [-0.05, 0) is 18.1 Å². The van der Waals surface area contributed by atoms with E-state index >= 15 is 0 Å². The summed E-state index contributed by atoms with van der Waals surface area (Å²) in [4.78, 5) is 20.9. The summed E-state index contributed by atoms with van der Waals surface area (Å²) >= 11 is 0. The lowest BCUT2D eigenvalue weighted by Crippen LogP contribution is -2.06. The van der Waals surface area contributed by atoms with E-state index in [4.69, 9.17) is 10.2 Å². The average molecular weight is 308 g/mol. The Balaban J connectivity index is 0.000000409. The Morgan fingerprint density at radius 3 is 1.77 bits per heavy atom. The van der Waals surface area contributed by atoms with Gasteiger partial charge in [0, 0.05) is 0 Å². The molecule has 0 radical (unpaired) electrons. The van der Waals surface area contributed by atoms with Gasteiger partial charge < -0.3 is 10.2 Å². The predicted molar refractivity (Wildman–Crippen MR) is 88.6 cm³/mol. The number of aromatic carboxylic acids is 2. The highest BCUT2D eigenvalue weighted by Crippen LogP contribution is 2.13. The smallest absolute Gasteiger partial charge is 0.336 e. The number of rotatable bonds is 8. The molecule has 2 N–H and O–H groups in total. The SMILES string of the molecule is CCCCCC(C)CCC.O=C(O)c1ccccc1C(=O)O. The first-order valence-electron chi connectivity index (χ1n) is 7.99. The lowest BCUT2D eigenvalue weighted by atomic mass is 9.99. The van der Waals surface area contributed by atoms with Crippen LogP contribution in [0.4, 0.5) is 0 Å². The predicted octanol–water partition coefficient (Wildman–Crippen LogP) is 5.09. The zero-order valence-corrected chi connectivity index (χ0v) is 13.8. The molecule has 1 unspecified atom stereocenters. The first-order valence-corrected chi connectivity index (χ1v) is 7.99. The summed E-state index contributed by atoms with van der Waals surface area (Å²) in [5.41, 5.74) is -0.380. The number of carbonyl (C=O) groups is 2. The van der Waals surface area contributed by atoms with Crippen LogP contribution in [0.15, 0.2) is 24.3 Å². The van der Waals surface area contributed by atoms with Crippen LogP contribution in [-0.2, 0) is 0 Å². The zero-order valence-electron chi connectivity index (χ0n) is 13.8. The highest BCUT2D eigenvalue weighted by molar-refractivity contribution is 6.01. The molecule has 1 aromatic carbocycles. The van der Waals surface area contributed by atoms with E-state index in [2.05, 4.69) is 20.8 Å². The first-order chi connectivity index (χ1) is 10.4. The maximum absolute atomic E-state index is 10.5. The van der Waals surface area contributed by atoms with Crippen LogP contribution in [0, 0.1) is 5.92 Å². The van der Waals surface area contributed by atoms with Crippen molar-refractivity contribution in [2.24, 2.45) is 5.92 Å². The molecular weight excluding hydrogens is 280 g/mol. The topological polar surface area (TPSA) is 74.6 Å². The fourth-order valence-corrected chi connectivity index (χ4v) is 2.24. The summed E-state index contributed by atoms with van der Waals surface area (Å²) in [6.07, 6.45) is 8.45. The van der Waals surface area contributed by atoms with Gasteiger partial charge in [0.25, 0.3) is 0 Å². The molecule has 0 heterocycles. The van der Waals surface area contributed by atoms with Crippen molar-refractivity contribution in [1.82, 2.24) is 0 Å². The summed E-state index contributed by atoms with van der Waals surface area (Å²) in [6, 6.07) is 5.48. The van der Waals surface area contributed by atoms with Crippen LogP contribution >= 0.6 is 0 Å². The van der Waals surface area contributed by atoms with Gasteiger partial charge in [0.2, 0.25) is 0 Å². The molecule has 0 saturated carbocycles. The van der Waals surface area contributed by atoms with Crippen molar-refractivity contribution in [2.75, 3.05) is 0 Å². The van der Waals surface area contributed by atoms with Crippen LogP contribution in [0.1, 0.15) is 80.0 Å². The highest BCUT2D eigenvalue weighted by Gasteiger charge is 2.13. The third kappa shape index (κ3) is 8.45. The molecule has 0 aliphatic heterocycles. The third-order valence-corrected chi connectivity index (χ3v) is 3.47. The number of carboxylic acids is 2. The van der Waals surface area contributed by atoms with Crippen LogP contribution in [0.2, 0.25) is 0 Å². The molecule has 22 heavy (non-hydrogen) atoms. The normalized spacial score (nSPS) is 11.2. The molecule has 4 nitrogen and oxygen atoms in total. The van der Waals surface area contributed by atoms with Crippen molar-refractivity contribution in [3.8, 4) is 0 Å². The van der Waals surface area contributed by atoms with Crippen LogP contribution < -0.4 is 0 Å². The fraction of sp³-hybridized carbons (Fsp3) is 0.556. The van der Waals surface area contributed by atoms with Crippen molar-refractivity contribution < 1.29 is 19.8 Å². The minimum absolute atomic E-state index is 0.190. The largest absolute Gasteiger partial charge is 0.478 e. The minimum Gasteiger partial charge on any atom is -0.478 e. The highest BCUT2D eigenvalue weighted by atomic mass is 16.4. The molecule has 0 amide bonds. The van der Waals surface area contributed by atoms with Gasteiger partial charge in [-0.3, -0.25) is 0 Å². The van der Waals surface area contributed by atoms with Crippen molar-refractivity contribution in [3.05, 3.63) is 35.4 Å². The van der Waals surface area contributed by atoms with E-state index in [1.807, 2.05) is 0 Å². The zero-order chi connectivity index (χ0) is 17.0. The second-order valence-electron chi connectivity index (χ2n) is 5.55. The second-order valence-corrected chi connectivity index (χ2v) is 5.55. The van der Waals surface area contributed by atoms with Crippen LogP contribution in [0.5, 0.6) is 0 Å². The van der Waals surface area contributed by atoms with Gasteiger partial charge in [-0.2, -0.15) is 0 Å². The lowest BCUT2D eigenvalue weighted by molar-refractivity contribution is 0.0651. The minimum atomic E-state index is -1.23. The molecular formula is C18H28O4. The van der Waals surface area contributed by atoms with Crippen molar-refractivity contribution in [3.63, 3.8) is 0 Å². The van der Waals surface area contributed by atoms with E-state index in [0.717, 1.165) is 5.92 Å². The quantitative estimate of drug-likeness (QED) is 0.656. The Labute approximate surface area is 133 Å². The monoisotopic (exact) mass is 308 g/mol. The summed E-state index contributed by atoms with van der Waals surface area (Å²) in [5.74, 6) is -1.49. The first kappa shape index (κ1) is 20.2. The van der Waals surface area contributed by atoms with E-state index in [-0.39, 0.29) is 11.1 Å². The van der Waals surface area contributed by atoms with Crippen LogP contribution in [-0.4, -0.2) is 22.2 Å². The van der Waals surface area contributed by atoms with Crippen LogP contribution in [0.25, 0.3) is 0 Å². The van der Waals surface area contributed by atoms with E-state index in [0.29, 0.717) is 0 Å². The number of benzene rings is 1. The molecule has 0 aliphatic rings. The molecule has 0 aromatic heterocycles. The van der Waals surface area contributed by atoms with Crippen LogP contribution in [0.3, 0.4) is 0 Å². The van der Waals surface area contributed by atoms with Gasteiger partial charge in [0.05, 0.1) is 11.1 Å². The molecule has 0 fully saturated rings. The summed E-state index contributed by atoms with van der Waals surface area (Å²) < 4.78 is 0. The fourth-order valence-electron chi connectivity index (χ4n) is 2.24. The number of hydrogen-bond donors (Lipinski definition) is 2. The Hall–Kier alpha value is -1.84. The molecule has 1 rings (SSSR count). The summed E-state index contributed by atoms with van der Waals surface area (Å²) in [6.45, 7) is 6.92. The van der Waals surface area contributed by atoms with Gasteiger partial charge in [0.15, 0.2) is 0 Å². The summed E-state index contributed by atoms with van der Waals surface area (Å²) in [7, 11) is 0. The number of unbranched alkanes of at least 4 members (excludes halogenated alkanes) is 2. The van der Waals surface area contributed by atoms with Crippen molar-refractivity contribution >= 4 is 11.9 Å². The Bertz CT molecular complexity index is 421. The molecule has 124 valence electrons. The second kappa shape index (κ2) is 11.8. The van der Waals surface area contributed by atoms with Gasteiger partial charge in [-0.15, -0.1) is 0 Å². The molecule has 1 atom stereocenters. The van der Waals surface area contributed by atoms with E-state index in [9.17, 15) is 9.59 Å². The Kier molecular flexibility index (Phi) is 10.8. The molecule has 0 saturated heterocycles. The maximum atomic E-state index is 10.5. The Morgan fingerprint density at radius 2 is 1.41 bits per heavy atom. The van der Waals surface area contributed by atoms with E-state index in [1.165, 1.54) is 62.8 Å². The van der Waals surface area contributed by atoms with Gasteiger partial charge in [0.1, 0.15) is 0 Å². The maximum Gasteiger partial charge on any atom is 0.336 e. The number of hydrogen-bond acceptors (Lipinski definition) is 2. The van der Waals surface area contributed by atoms with Crippen molar-refractivity contribution in [1.29, 1.82) is 0 Å². The Morgan fingerprint density at radius 1 is 0.909 bits per heavy atom. The van der Waals surface area contributed by atoms with Gasteiger partial charge in [-0.1, -0.05) is 71.4 Å². The van der Waals surface area contributed by atoms with Gasteiger partial charge >= 0.3 is 11.9 Å². The van der Waals surface area contributed by atoms with E-state index < -0.39 is 11.9 Å². The van der Waals surface area contributed by atoms with Crippen molar-refractivity contribution in [2.45, 2.75) is 59.3 Å².